The molecule has 98 valence electrons. The molecule has 0 bridgehead atoms. The van der Waals surface area contributed by atoms with E-state index in [9.17, 15) is 9.59 Å². The van der Waals surface area contributed by atoms with Gasteiger partial charge in [0.15, 0.2) is 0 Å². The Kier molecular flexibility index (Phi) is 6.01. The van der Waals surface area contributed by atoms with Crippen molar-refractivity contribution < 1.29 is 14.7 Å². The molecule has 17 heavy (non-hydrogen) atoms. The van der Waals surface area contributed by atoms with E-state index >= 15 is 0 Å². The minimum Gasteiger partial charge on any atom is -0.481 e. The first kappa shape index (κ1) is 14.0. The van der Waals surface area contributed by atoms with Gasteiger partial charge in [-0.1, -0.05) is 25.7 Å². The van der Waals surface area contributed by atoms with Gasteiger partial charge in [0.25, 0.3) is 0 Å². The maximum atomic E-state index is 11.9. The normalized spacial score (nSPS) is 19.4. The first-order valence-corrected chi connectivity index (χ1v) is 6.61. The SMILES string of the molecule is C[C@@H](CCC(=O)O)NC(=O)C1CCCCCC1. The molecule has 0 saturated heterocycles. The quantitative estimate of drug-likeness (QED) is 0.726. The van der Waals surface area contributed by atoms with E-state index in [2.05, 4.69) is 5.32 Å². The number of amides is 1. The Hall–Kier alpha value is -1.06. The van der Waals surface area contributed by atoms with Crippen LogP contribution in [0.25, 0.3) is 0 Å². The van der Waals surface area contributed by atoms with Gasteiger partial charge in [0.2, 0.25) is 5.91 Å². The van der Waals surface area contributed by atoms with E-state index in [1.165, 1.54) is 12.8 Å². The van der Waals surface area contributed by atoms with E-state index in [1.54, 1.807) is 0 Å². The second-order valence-corrected chi connectivity index (χ2v) is 5.03. The zero-order valence-electron chi connectivity index (χ0n) is 10.6. The zero-order chi connectivity index (χ0) is 12.7. The summed E-state index contributed by atoms with van der Waals surface area (Å²) in [5, 5.41) is 11.5. The van der Waals surface area contributed by atoms with Crippen LogP contribution in [0.4, 0.5) is 0 Å². The fourth-order valence-corrected chi connectivity index (χ4v) is 2.31. The van der Waals surface area contributed by atoms with Crippen molar-refractivity contribution in [2.45, 2.75) is 64.3 Å². The van der Waals surface area contributed by atoms with Gasteiger partial charge in [-0.25, -0.2) is 0 Å². The maximum Gasteiger partial charge on any atom is 0.303 e. The fourth-order valence-electron chi connectivity index (χ4n) is 2.31. The minimum atomic E-state index is -0.805. The number of hydrogen-bond acceptors (Lipinski definition) is 2. The van der Waals surface area contributed by atoms with Gasteiger partial charge >= 0.3 is 5.97 Å². The predicted molar refractivity (Wildman–Crippen MR) is 65.7 cm³/mol. The summed E-state index contributed by atoms with van der Waals surface area (Å²) in [6, 6.07) is -0.0400. The summed E-state index contributed by atoms with van der Waals surface area (Å²) in [5.74, 6) is -0.546. The first-order valence-electron chi connectivity index (χ1n) is 6.61. The van der Waals surface area contributed by atoms with E-state index in [1.807, 2.05) is 6.92 Å². The molecule has 1 aliphatic carbocycles. The van der Waals surface area contributed by atoms with Gasteiger partial charge in [0.05, 0.1) is 0 Å². The van der Waals surface area contributed by atoms with E-state index in [-0.39, 0.29) is 24.3 Å². The number of aliphatic carboxylic acids is 1. The van der Waals surface area contributed by atoms with Gasteiger partial charge in [-0.15, -0.1) is 0 Å². The van der Waals surface area contributed by atoms with Crippen LogP contribution in [0.15, 0.2) is 0 Å². The highest BCUT2D eigenvalue weighted by molar-refractivity contribution is 5.79. The molecule has 1 atom stereocenters. The van der Waals surface area contributed by atoms with Crippen LogP contribution < -0.4 is 5.32 Å². The highest BCUT2D eigenvalue weighted by atomic mass is 16.4. The maximum absolute atomic E-state index is 11.9. The average Bonchev–Trinajstić information content (AvgIpc) is 2.54. The Labute approximate surface area is 103 Å². The smallest absolute Gasteiger partial charge is 0.303 e. The van der Waals surface area contributed by atoms with Crippen molar-refractivity contribution in [1.29, 1.82) is 0 Å². The van der Waals surface area contributed by atoms with Gasteiger partial charge in [-0.3, -0.25) is 9.59 Å². The van der Waals surface area contributed by atoms with Crippen LogP contribution in [0.2, 0.25) is 0 Å². The van der Waals surface area contributed by atoms with Gasteiger partial charge < -0.3 is 10.4 Å². The van der Waals surface area contributed by atoms with Gasteiger partial charge in [0, 0.05) is 18.4 Å². The molecule has 1 amide bonds. The van der Waals surface area contributed by atoms with Crippen LogP contribution in [-0.2, 0) is 9.59 Å². The van der Waals surface area contributed by atoms with Crippen molar-refractivity contribution in [3.05, 3.63) is 0 Å². The molecule has 0 heterocycles. The number of carboxylic acids is 1. The van der Waals surface area contributed by atoms with Crippen molar-refractivity contribution in [2.75, 3.05) is 0 Å². The molecule has 0 aliphatic heterocycles. The molecule has 0 aromatic carbocycles. The molecule has 4 nitrogen and oxygen atoms in total. The number of carbonyl (C=O) groups excluding carboxylic acids is 1. The summed E-state index contributed by atoms with van der Waals surface area (Å²) < 4.78 is 0. The van der Waals surface area contributed by atoms with Crippen molar-refractivity contribution in [3.8, 4) is 0 Å². The van der Waals surface area contributed by atoms with Crippen LogP contribution in [0, 0.1) is 5.92 Å². The Bertz CT molecular complexity index is 257. The highest BCUT2D eigenvalue weighted by Crippen LogP contribution is 2.23. The average molecular weight is 241 g/mol. The molecule has 0 radical (unpaired) electrons. The van der Waals surface area contributed by atoms with Crippen molar-refractivity contribution in [3.63, 3.8) is 0 Å². The lowest BCUT2D eigenvalue weighted by Gasteiger charge is -2.18. The first-order chi connectivity index (χ1) is 8.09. The van der Waals surface area contributed by atoms with Gasteiger partial charge in [-0.05, 0) is 26.2 Å². The standard InChI is InChI=1S/C13H23NO3/c1-10(8-9-12(15)16)14-13(17)11-6-4-2-3-5-7-11/h10-11H,2-9H2,1H3,(H,14,17)(H,15,16)/t10-/m0/s1. The summed E-state index contributed by atoms with van der Waals surface area (Å²) in [6.45, 7) is 1.87. The fraction of sp³-hybridized carbons (Fsp3) is 0.846. The van der Waals surface area contributed by atoms with Crippen LogP contribution in [-0.4, -0.2) is 23.0 Å². The number of carbonyl (C=O) groups is 2. The molecular formula is C13H23NO3. The third kappa shape index (κ3) is 5.71. The Morgan fingerprint density at radius 2 is 1.82 bits per heavy atom. The molecule has 1 aliphatic rings. The topological polar surface area (TPSA) is 66.4 Å². The molecule has 0 spiro atoms. The van der Waals surface area contributed by atoms with E-state index in [4.69, 9.17) is 5.11 Å². The minimum absolute atomic E-state index is 0.0400. The Balaban J connectivity index is 2.28. The van der Waals surface area contributed by atoms with Crippen LogP contribution in [0.1, 0.15) is 58.3 Å². The molecule has 1 rings (SSSR count). The summed E-state index contributed by atoms with van der Waals surface area (Å²) in [5.41, 5.74) is 0. The molecule has 0 unspecified atom stereocenters. The third-order valence-corrected chi connectivity index (χ3v) is 3.41. The second-order valence-electron chi connectivity index (χ2n) is 5.03. The Morgan fingerprint density at radius 3 is 2.35 bits per heavy atom. The molecule has 2 N–H and O–H groups in total. The number of hydrogen-bond donors (Lipinski definition) is 2. The van der Waals surface area contributed by atoms with Crippen molar-refractivity contribution >= 4 is 11.9 Å². The van der Waals surface area contributed by atoms with Gasteiger partial charge in [-0.2, -0.15) is 0 Å². The Morgan fingerprint density at radius 1 is 1.24 bits per heavy atom. The largest absolute Gasteiger partial charge is 0.481 e. The number of carboxylic acid groups (broad SMARTS) is 1. The third-order valence-electron chi connectivity index (χ3n) is 3.41. The number of nitrogens with one attached hydrogen (secondary N) is 1. The summed E-state index contributed by atoms with van der Waals surface area (Å²) in [4.78, 5) is 22.4. The number of rotatable bonds is 5. The van der Waals surface area contributed by atoms with Crippen LogP contribution in [0.3, 0.4) is 0 Å². The van der Waals surface area contributed by atoms with E-state index in [0.717, 1.165) is 25.7 Å². The van der Waals surface area contributed by atoms with Crippen molar-refractivity contribution in [2.24, 2.45) is 5.92 Å². The molecule has 0 aromatic heterocycles. The monoisotopic (exact) mass is 241 g/mol. The lowest BCUT2D eigenvalue weighted by molar-refractivity contribution is -0.137. The predicted octanol–water partition coefficient (Wildman–Crippen LogP) is 2.33. The van der Waals surface area contributed by atoms with Crippen molar-refractivity contribution in [1.82, 2.24) is 5.32 Å². The summed E-state index contributed by atoms with van der Waals surface area (Å²) in [6.07, 6.45) is 7.34. The van der Waals surface area contributed by atoms with Crippen LogP contribution >= 0.6 is 0 Å². The molecular weight excluding hydrogens is 218 g/mol. The lowest BCUT2D eigenvalue weighted by atomic mass is 9.99. The van der Waals surface area contributed by atoms with Gasteiger partial charge in [0.1, 0.15) is 0 Å². The molecule has 4 heteroatoms. The van der Waals surface area contributed by atoms with E-state index < -0.39 is 5.97 Å². The zero-order valence-corrected chi connectivity index (χ0v) is 10.6. The lowest BCUT2D eigenvalue weighted by Crippen LogP contribution is -2.37. The van der Waals surface area contributed by atoms with E-state index in [0.29, 0.717) is 6.42 Å². The van der Waals surface area contributed by atoms with Crippen LogP contribution in [0.5, 0.6) is 0 Å². The summed E-state index contributed by atoms with van der Waals surface area (Å²) in [7, 11) is 0. The second kappa shape index (κ2) is 7.30. The molecule has 0 aromatic rings. The summed E-state index contributed by atoms with van der Waals surface area (Å²) >= 11 is 0. The highest BCUT2D eigenvalue weighted by Gasteiger charge is 2.21. The molecule has 1 fully saturated rings. The molecule has 1 saturated carbocycles.